The highest BCUT2D eigenvalue weighted by Crippen LogP contribution is 2.35. The van der Waals surface area contributed by atoms with Crippen LogP contribution >= 0.6 is 11.3 Å². The average molecular weight is 347 g/mol. The Hall–Kier alpha value is -1.99. The molecule has 126 valence electrons. The second-order valence-corrected chi connectivity index (χ2v) is 7.60. The lowest BCUT2D eigenvalue weighted by Gasteiger charge is -2.34. The average Bonchev–Trinajstić information content (AvgIpc) is 3.14. The molecule has 2 aromatic heterocycles. The maximum atomic E-state index is 13.4. The van der Waals surface area contributed by atoms with Crippen molar-refractivity contribution in [2.45, 2.75) is 25.8 Å². The van der Waals surface area contributed by atoms with Crippen molar-refractivity contribution in [3.8, 4) is 5.88 Å². The molecule has 0 radical (unpaired) electrons. The lowest BCUT2D eigenvalue weighted by molar-refractivity contribution is -0.933. The van der Waals surface area contributed by atoms with Gasteiger partial charge in [-0.15, -0.1) is 0 Å². The smallest absolute Gasteiger partial charge is 0.235 e. The Morgan fingerprint density at radius 2 is 2.17 bits per heavy atom. The summed E-state index contributed by atoms with van der Waals surface area (Å²) in [7, 11) is 0. The molecule has 2 N–H and O–H groups in total. The number of aromatic nitrogens is 3. The molecule has 24 heavy (non-hydrogen) atoms. The molecule has 0 saturated carbocycles. The molecule has 4 rings (SSSR count). The first-order valence-electron chi connectivity index (χ1n) is 8.25. The quantitative estimate of drug-likeness (QED) is 0.762. The van der Waals surface area contributed by atoms with Crippen molar-refractivity contribution in [1.82, 2.24) is 14.6 Å². The van der Waals surface area contributed by atoms with Crippen LogP contribution < -0.4 is 4.90 Å². The van der Waals surface area contributed by atoms with E-state index in [4.69, 9.17) is 0 Å². The molecule has 5 nitrogen and oxygen atoms in total. The topological polar surface area (TPSA) is 54.9 Å². The van der Waals surface area contributed by atoms with Gasteiger partial charge >= 0.3 is 0 Å². The van der Waals surface area contributed by atoms with Crippen molar-refractivity contribution in [3.63, 3.8) is 0 Å². The molecule has 1 saturated heterocycles. The van der Waals surface area contributed by atoms with E-state index < -0.39 is 0 Å². The molecule has 1 aromatic carbocycles. The number of aromatic hydroxyl groups is 1. The van der Waals surface area contributed by atoms with Crippen molar-refractivity contribution < 1.29 is 14.4 Å². The number of nitrogens with one attached hydrogen (secondary N) is 1. The summed E-state index contributed by atoms with van der Waals surface area (Å²) in [4.78, 5) is 7.12. The Morgan fingerprint density at radius 3 is 2.88 bits per heavy atom. The highest BCUT2D eigenvalue weighted by Gasteiger charge is 2.34. The van der Waals surface area contributed by atoms with E-state index in [0.717, 1.165) is 30.0 Å². The summed E-state index contributed by atoms with van der Waals surface area (Å²) < 4.78 is 14.9. The number of benzene rings is 1. The minimum atomic E-state index is -0.244. The van der Waals surface area contributed by atoms with Crippen LogP contribution in [0.4, 0.5) is 4.39 Å². The summed E-state index contributed by atoms with van der Waals surface area (Å²) in [6, 6.07) is 6.59. The number of hydrogen-bond donors (Lipinski definition) is 2. The Bertz CT molecular complexity index is 844. The maximum Gasteiger partial charge on any atom is 0.235 e. The molecule has 3 aromatic rings. The Labute approximate surface area is 143 Å². The van der Waals surface area contributed by atoms with Gasteiger partial charge in [0.25, 0.3) is 0 Å². The number of rotatable bonds is 3. The van der Waals surface area contributed by atoms with E-state index >= 15 is 0 Å². The fourth-order valence-corrected chi connectivity index (χ4v) is 4.82. The molecule has 0 aliphatic carbocycles. The van der Waals surface area contributed by atoms with Gasteiger partial charge in [0.1, 0.15) is 17.0 Å². The predicted octanol–water partition coefficient (Wildman–Crippen LogP) is 2.04. The lowest BCUT2D eigenvalue weighted by atomic mass is 9.95. The minimum absolute atomic E-state index is 0.0261. The first kappa shape index (κ1) is 15.5. The second kappa shape index (κ2) is 6.14. The predicted molar refractivity (Wildman–Crippen MR) is 89.9 cm³/mol. The van der Waals surface area contributed by atoms with Crippen molar-refractivity contribution in [2.24, 2.45) is 5.92 Å². The van der Waals surface area contributed by atoms with Gasteiger partial charge in [-0.3, -0.25) is 0 Å². The van der Waals surface area contributed by atoms with Crippen LogP contribution in [0.1, 0.15) is 36.2 Å². The molecule has 1 fully saturated rings. The summed E-state index contributed by atoms with van der Waals surface area (Å²) >= 11 is 1.46. The number of halogens is 1. The van der Waals surface area contributed by atoms with Crippen LogP contribution in [-0.4, -0.2) is 32.8 Å². The normalized spacial score (nSPS) is 22.8. The summed E-state index contributed by atoms with van der Waals surface area (Å²) in [6.45, 7) is 4.35. The van der Waals surface area contributed by atoms with Crippen molar-refractivity contribution in [3.05, 3.63) is 46.9 Å². The van der Waals surface area contributed by atoms with E-state index in [-0.39, 0.29) is 17.7 Å². The second-order valence-electron chi connectivity index (χ2n) is 6.59. The third-order valence-corrected chi connectivity index (χ3v) is 5.92. The minimum Gasteiger partial charge on any atom is -0.492 e. The molecule has 1 unspecified atom stereocenters. The zero-order chi connectivity index (χ0) is 16.7. The molecular formula is C17H20FN4OS+. The van der Waals surface area contributed by atoms with E-state index in [1.165, 1.54) is 45.6 Å². The monoisotopic (exact) mass is 347 g/mol. The van der Waals surface area contributed by atoms with Gasteiger partial charge in [0.05, 0.1) is 13.1 Å². The van der Waals surface area contributed by atoms with Gasteiger partial charge in [0, 0.05) is 11.5 Å². The van der Waals surface area contributed by atoms with Gasteiger partial charge in [-0.05, 0) is 37.1 Å². The lowest BCUT2D eigenvalue weighted by Crippen LogP contribution is -3.13. The van der Waals surface area contributed by atoms with Crippen molar-refractivity contribution in [2.75, 3.05) is 13.1 Å². The van der Waals surface area contributed by atoms with Crippen LogP contribution in [0.25, 0.3) is 4.96 Å². The van der Waals surface area contributed by atoms with Crippen LogP contribution in [-0.2, 0) is 0 Å². The van der Waals surface area contributed by atoms with E-state index in [9.17, 15) is 9.50 Å². The Morgan fingerprint density at radius 1 is 1.38 bits per heavy atom. The van der Waals surface area contributed by atoms with E-state index in [0.29, 0.717) is 10.9 Å². The zero-order valence-corrected chi connectivity index (χ0v) is 14.3. The first-order chi connectivity index (χ1) is 11.6. The van der Waals surface area contributed by atoms with Gasteiger partial charge in [0.2, 0.25) is 10.8 Å². The number of hydrogen-bond acceptors (Lipinski definition) is 4. The van der Waals surface area contributed by atoms with Gasteiger partial charge in [-0.2, -0.15) is 9.61 Å². The summed E-state index contributed by atoms with van der Waals surface area (Å²) in [5.74, 6) is 0.542. The number of nitrogens with zero attached hydrogens (tertiary/aromatic N) is 3. The van der Waals surface area contributed by atoms with Gasteiger partial charge < -0.3 is 10.0 Å². The van der Waals surface area contributed by atoms with Gasteiger partial charge in [-0.1, -0.05) is 18.3 Å². The molecule has 0 bridgehead atoms. The Kier molecular flexibility index (Phi) is 3.97. The third-order valence-electron chi connectivity index (χ3n) is 4.82. The van der Waals surface area contributed by atoms with E-state index in [2.05, 4.69) is 17.0 Å². The van der Waals surface area contributed by atoms with Gasteiger partial charge in [-0.25, -0.2) is 9.37 Å². The molecule has 1 aliphatic heterocycles. The molecule has 0 spiro atoms. The highest BCUT2D eigenvalue weighted by atomic mass is 32.1. The summed E-state index contributed by atoms with van der Waals surface area (Å²) in [6.07, 6.45) is 3.84. The van der Waals surface area contributed by atoms with Gasteiger partial charge in [0.15, 0.2) is 6.04 Å². The van der Waals surface area contributed by atoms with Crippen LogP contribution in [0, 0.1) is 11.7 Å². The largest absolute Gasteiger partial charge is 0.492 e. The van der Waals surface area contributed by atoms with Crippen LogP contribution in [0.2, 0.25) is 0 Å². The number of thiazole rings is 1. The summed E-state index contributed by atoms with van der Waals surface area (Å²) in [5, 5.41) is 14.7. The number of fused-ring (bicyclic) bond motifs is 1. The van der Waals surface area contributed by atoms with Crippen molar-refractivity contribution >= 4 is 16.3 Å². The summed E-state index contributed by atoms with van der Waals surface area (Å²) in [5.41, 5.74) is 1.01. The molecule has 3 atom stereocenters. The fourth-order valence-electron chi connectivity index (χ4n) is 3.70. The molecule has 1 aliphatic rings. The standard InChI is InChI=1S/C17H19FN4OS/c1-11-3-2-8-21(9-11)14(12-4-6-13(18)7-5-12)15-16(23)22-17(24-15)19-10-20-22/h4-7,10-11,14,23H,2-3,8-9H2,1H3/p+1/t11-,14-/m0/s1. The fraction of sp³-hybridized carbons (Fsp3) is 0.412. The molecule has 7 heteroatoms. The highest BCUT2D eigenvalue weighted by molar-refractivity contribution is 7.17. The van der Waals surface area contributed by atoms with Crippen molar-refractivity contribution in [1.29, 1.82) is 0 Å². The van der Waals surface area contributed by atoms with Crippen LogP contribution in [0.15, 0.2) is 30.6 Å². The Balaban J connectivity index is 1.81. The first-order valence-corrected chi connectivity index (χ1v) is 9.06. The van der Waals surface area contributed by atoms with Crippen LogP contribution in [0.3, 0.4) is 0 Å². The maximum absolute atomic E-state index is 13.4. The third kappa shape index (κ3) is 2.67. The number of quaternary nitrogens is 1. The molecule has 0 amide bonds. The van der Waals surface area contributed by atoms with E-state index in [1.54, 1.807) is 0 Å². The van der Waals surface area contributed by atoms with Crippen LogP contribution in [0.5, 0.6) is 5.88 Å². The zero-order valence-electron chi connectivity index (χ0n) is 13.4. The SMILES string of the molecule is C[C@H]1CCC[NH+]([C@@H](c2ccc(F)cc2)c2sc3ncnn3c2O)C1. The number of likely N-dealkylation sites (tertiary alicyclic amines) is 1. The number of piperidine rings is 1. The van der Waals surface area contributed by atoms with E-state index in [1.807, 2.05) is 12.1 Å². The molecule has 3 heterocycles. The molecular weight excluding hydrogens is 327 g/mol.